The van der Waals surface area contributed by atoms with Crippen molar-refractivity contribution in [2.45, 2.75) is 29.5 Å². The molecule has 2 unspecified atom stereocenters. The van der Waals surface area contributed by atoms with Gasteiger partial charge in [0.05, 0.1) is 16.3 Å². The highest BCUT2D eigenvalue weighted by Crippen LogP contribution is 2.30. The minimum absolute atomic E-state index is 0.0666. The van der Waals surface area contributed by atoms with Gasteiger partial charge in [-0.2, -0.15) is 0 Å². The first-order valence-corrected chi connectivity index (χ1v) is 7.68. The van der Waals surface area contributed by atoms with Gasteiger partial charge in [-0.3, -0.25) is 9.59 Å². The van der Waals surface area contributed by atoms with Crippen molar-refractivity contribution in [1.82, 2.24) is 10.2 Å². The quantitative estimate of drug-likeness (QED) is 0.867. The molecule has 4 nitrogen and oxygen atoms in total. The molecule has 1 aliphatic heterocycles. The summed E-state index contributed by atoms with van der Waals surface area (Å²) in [4.78, 5) is 26.1. The molecule has 1 heterocycles. The molecule has 0 bridgehead atoms. The van der Waals surface area contributed by atoms with E-state index < -0.39 is 0 Å². The number of nitrogens with one attached hydrogen (secondary N) is 1. The summed E-state index contributed by atoms with van der Waals surface area (Å²) in [6.45, 7) is 2.41. The lowest BCUT2D eigenvalue weighted by Gasteiger charge is -2.16. The summed E-state index contributed by atoms with van der Waals surface area (Å²) in [5, 5.41) is 3.31. The number of likely N-dealkylation sites (tertiary alicyclic amines) is 1. The zero-order valence-corrected chi connectivity index (χ0v) is 13.0. The van der Waals surface area contributed by atoms with Crippen LogP contribution in [0.4, 0.5) is 0 Å². The number of nitrogens with zero attached hydrogens (tertiary/aromatic N) is 1. The van der Waals surface area contributed by atoms with Crippen molar-refractivity contribution >= 4 is 35.2 Å². The minimum atomic E-state index is -0.254. The van der Waals surface area contributed by atoms with E-state index in [0.29, 0.717) is 18.0 Å². The molecule has 1 aliphatic rings. The third-order valence-corrected chi connectivity index (χ3v) is 4.82. The zero-order valence-electron chi connectivity index (χ0n) is 11.4. The van der Waals surface area contributed by atoms with Gasteiger partial charge in [0, 0.05) is 24.9 Å². The smallest absolute Gasteiger partial charge is 0.233 e. The molecule has 0 saturated carbocycles. The Kier molecular flexibility index (Phi) is 4.94. The first kappa shape index (κ1) is 15.2. The van der Waals surface area contributed by atoms with Crippen molar-refractivity contribution in [1.29, 1.82) is 0 Å². The van der Waals surface area contributed by atoms with Crippen LogP contribution in [0.5, 0.6) is 0 Å². The van der Waals surface area contributed by atoms with Gasteiger partial charge in [0.2, 0.25) is 11.8 Å². The van der Waals surface area contributed by atoms with Crippen LogP contribution in [0, 0.1) is 0 Å². The van der Waals surface area contributed by atoms with E-state index in [2.05, 4.69) is 5.32 Å². The number of likely N-dealkylation sites (N-methyl/N-ethyl adjacent to an activating group) is 1. The number of benzene rings is 1. The molecule has 20 heavy (non-hydrogen) atoms. The fourth-order valence-electron chi connectivity index (χ4n) is 2.06. The fraction of sp³-hybridized carbons (Fsp3) is 0.429. The third-order valence-electron chi connectivity index (χ3n) is 3.20. The molecule has 2 amide bonds. The van der Waals surface area contributed by atoms with E-state index in [1.807, 2.05) is 25.1 Å². The largest absolute Gasteiger partial charge is 0.350 e. The molecule has 2 atom stereocenters. The van der Waals surface area contributed by atoms with Gasteiger partial charge in [0.1, 0.15) is 0 Å². The van der Waals surface area contributed by atoms with Crippen LogP contribution < -0.4 is 5.32 Å². The van der Waals surface area contributed by atoms with Crippen LogP contribution in [0.2, 0.25) is 5.02 Å². The summed E-state index contributed by atoms with van der Waals surface area (Å²) in [7, 11) is 1.75. The Hall–Kier alpha value is -1.20. The average Bonchev–Trinajstić information content (AvgIpc) is 2.71. The zero-order chi connectivity index (χ0) is 14.7. The summed E-state index contributed by atoms with van der Waals surface area (Å²) in [6.07, 6.45) is 0.381. The van der Waals surface area contributed by atoms with Crippen LogP contribution in [0.1, 0.15) is 13.3 Å². The van der Waals surface area contributed by atoms with Crippen LogP contribution in [0.3, 0.4) is 0 Å². The van der Waals surface area contributed by atoms with Crippen LogP contribution >= 0.6 is 23.4 Å². The molecule has 1 saturated heterocycles. The number of hydrogen-bond donors (Lipinski definition) is 1. The summed E-state index contributed by atoms with van der Waals surface area (Å²) in [6, 6.07) is 7.36. The van der Waals surface area contributed by atoms with Crippen LogP contribution in [-0.2, 0) is 9.59 Å². The molecule has 1 aromatic rings. The Morgan fingerprint density at radius 2 is 2.20 bits per heavy atom. The minimum Gasteiger partial charge on any atom is -0.350 e. The molecule has 1 fully saturated rings. The average molecular weight is 313 g/mol. The molecule has 1 aromatic carbocycles. The maximum atomic E-state index is 12.1. The number of hydrogen-bond acceptors (Lipinski definition) is 3. The van der Waals surface area contributed by atoms with Gasteiger partial charge in [-0.25, -0.2) is 0 Å². The normalized spacial score (nSPS) is 20.1. The number of carbonyl (C=O) groups excluding carboxylic acids is 2. The molecule has 6 heteroatoms. The first-order valence-electron chi connectivity index (χ1n) is 6.43. The van der Waals surface area contributed by atoms with Gasteiger partial charge in [0.15, 0.2) is 0 Å². The molecule has 1 N–H and O–H groups in total. The molecule has 108 valence electrons. The Bertz CT molecular complexity index is 524. The van der Waals surface area contributed by atoms with E-state index in [4.69, 9.17) is 11.6 Å². The van der Waals surface area contributed by atoms with Crippen LogP contribution in [-0.4, -0.2) is 41.6 Å². The van der Waals surface area contributed by atoms with E-state index in [0.717, 1.165) is 4.90 Å². The Labute approximate surface area is 127 Å². The van der Waals surface area contributed by atoms with Crippen molar-refractivity contribution in [3.05, 3.63) is 29.3 Å². The second-order valence-corrected chi connectivity index (χ2v) is 6.66. The van der Waals surface area contributed by atoms with Crippen molar-refractivity contribution in [3.8, 4) is 0 Å². The van der Waals surface area contributed by atoms with Crippen molar-refractivity contribution in [2.24, 2.45) is 0 Å². The monoisotopic (exact) mass is 312 g/mol. The van der Waals surface area contributed by atoms with E-state index in [1.54, 1.807) is 18.0 Å². The summed E-state index contributed by atoms with van der Waals surface area (Å²) in [5.41, 5.74) is 0. The van der Waals surface area contributed by atoms with Gasteiger partial charge in [-0.05, 0) is 19.1 Å². The lowest BCUT2D eigenvalue weighted by atomic mass is 10.2. The lowest BCUT2D eigenvalue weighted by Crippen LogP contribution is -2.40. The highest BCUT2D eigenvalue weighted by molar-refractivity contribution is 8.00. The molecule has 0 aliphatic carbocycles. The summed E-state index contributed by atoms with van der Waals surface area (Å²) in [5.74, 6) is 0.00438. The van der Waals surface area contributed by atoms with Gasteiger partial charge in [-0.1, -0.05) is 23.7 Å². The van der Waals surface area contributed by atoms with E-state index >= 15 is 0 Å². The molecular weight excluding hydrogens is 296 g/mol. The molecule has 0 spiro atoms. The molecule has 2 rings (SSSR count). The molecule has 0 radical (unpaired) electrons. The second kappa shape index (κ2) is 6.50. The SMILES string of the molecule is CC(Sc1ccccc1Cl)C(=O)NC1CC(=O)N(C)C1. The van der Waals surface area contributed by atoms with Crippen molar-refractivity contribution < 1.29 is 9.59 Å². The van der Waals surface area contributed by atoms with Gasteiger partial charge in [0.25, 0.3) is 0 Å². The highest BCUT2D eigenvalue weighted by atomic mass is 35.5. The standard InChI is InChI=1S/C14H17ClN2O2S/c1-9(20-12-6-4-3-5-11(12)15)14(19)16-10-7-13(18)17(2)8-10/h3-6,9-10H,7-8H2,1-2H3,(H,16,19). The Balaban J connectivity index is 1.90. The molecule has 0 aromatic heterocycles. The predicted octanol–water partition coefficient (Wildman–Crippen LogP) is 2.17. The second-order valence-electron chi connectivity index (χ2n) is 4.87. The van der Waals surface area contributed by atoms with E-state index in [1.165, 1.54) is 11.8 Å². The van der Waals surface area contributed by atoms with E-state index in [-0.39, 0.29) is 23.1 Å². The summed E-state index contributed by atoms with van der Waals surface area (Å²) < 4.78 is 0. The lowest BCUT2D eigenvalue weighted by molar-refractivity contribution is -0.126. The van der Waals surface area contributed by atoms with Crippen molar-refractivity contribution in [2.75, 3.05) is 13.6 Å². The topological polar surface area (TPSA) is 49.4 Å². The van der Waals surface area contributed by atoms with Crippen LogP contribution in [0.15, 0.2) is 29.2 Å². The Morgan fingerprint density at radius 3 is 2.80 bits per heavy atom. The highest BCUT2D eigenvalue weighted by Gasteiger charge is 2.29. The maximum absolute atomic E-state index is 12.1. The van der Waals surface area contributed by atoms with E-state index in [9.17, 15) is 9.59 Å². The van der Waals surface area contributed by atoms with Crippen LogP contribution in [0.25, 0.3) is 0 Å². The Morgan fingerprint density at radius 1 is 1.50 bits per heavy atom. The van der Waals surface area contributed by atoms with Gasteiger partial charge < -0.3 is 10.2 Å². The van der Waals surface area contributed by atoms with Gasteiger partial charge in [-0.15, -0.1) is 11.8 Å². The maximum Gasteiger partial charge on any atom is 0.233 e. The van der Waals surface area contributed by atoms with Gasteiger partial charge >= 0.3 is 0 Å². The fourth-order valence-corrected chi connectivity index (χ4v) is 3.23. The number of rotatable bonds is 4. The molecular formula is C14H17ClN2O2S. The summed E-state index contributed by atoms with van der Waals surface area (Å²) >= 11 is 7.50. The first-order chi connectivity index (χ1) is 9.47. The number of amides is 2. The number of carbonyl (C=O) groups is 2. The third kappa shape index (κ3) is 3.67. The number of thioether (sulfide) groups is 1. The predicted molar refractivity (Wildman–Crippen MR) is 81.0 cm³/mol. The van der Waals surface area contributed by atoms with Crippen molar-refractivity contribution in [3.63, 3.8) is 0 Å². The number of halogens is 1.